The Labute approximate surface area is 179 Å². The van der Waals surface area contributed by atoms with Gasteiger partial charge < -0.3 is 11.1 Å². The summed E-state index contributed by atoms with van der Waals surface area (Å²) in [6.45, 7) is 2.11. The van der Waals surface area contributed by atoms with Crippen molar-refractivity contribution in [2.24, 2.45) is 10.9 Å². The first-order valence-corrected chi connectivity index (χ1v) is 9.39. The summed E-state index contributed by atoms with van der Waals surface area (Å²) in [4.78, 5) is 21.3. The number of hydrogen-bond donors (Lipinski definition) is 6. The molecule has 10 nitrogen and oxygen atoms in total. The monoisotopic (exact) mass is 417 g/mol. The Kier molecular flexibility index (Phi) is 6.86. The van der Waals surface area contributed by atoms with Crippen molar-refractivity contribution >= 4 is 23.4 Å². The lowest BCUT2D eigenvalue weighted by Crippen LogP contribution is -2.38. The molecule has 0 fully saturated rings. The number of nitrogens with zero attached hydrogens (tertiary/aromatic N) is 3. The molecule has 31 heavy (non-hydrogen) atoms. The summed E-state index contributed by atoms with van der Waals surface area (Å²) in [6, 6.07) is 16.8. The zero-order chi connectivity index (χ0) is 22.2. The van der Waals surface area contributed by atoms with Gasteiger partial charge >= 0.3 is 0 Å². The van der Waals surface area contributed by atoms with Gasteiger partial charge in [0.2, 0.25) is 5.96 Å². The molecule has 0 atom stereocenters. The summed E-state index contributed by atoms with van der Waals surface area (Å²) in [5, 5.41) is 14.3. The van der Waals surface area contributed by atoms with E-state index in [9.17, 15) is 4.79 Å². The fourth-order valence-corrected chi connectivity index (χ4v) is 2.73. The van der Waals surface area contributed by atoms with Crippen molar-refractivity contribution in [3.05, 3.63) is 77.6 Å². The predicted molar refractivity (Wildman–Crippen MR) is 120 cm³/mol. The number of guanidine groups is 1. The molecule has 10 heteroatoms. The third kappa shape index (κ3) is 5.61. The largest absolute Gasteiger partial charge is 0.382 e. The average Bonchev–Trinajstić information content (AvgIpc) is 2.81. The van der Waals surface area contributed by atoms with Crippen LogP contribution in [0.5, 0.6) is 0 Å². The van der Waals surface area contributed by atoms with Gasteiger partial charge in [0.25, 0.3) is 5.91 Å². The highest BCUT2D eigenvalue weighted by atomic mass is 16.1. The molecule has 0 aliphatic rings. The molecule has 0 unspecified atom stereocenters. The Bertz CT molecular complexity index is 1110. The predicted octanol–water partition coefficient (Wildman–Crippen LogP) is 1.37. The first-order chi connectivity index (χ1) is 15.0. The number of hydrazine groups is 1. The number of carbonyl (C=O) groups excluding carboxylic acids is 1. The standard InChI is InChI=1S/C21H23N9O/c1-13(29-30-21(23)28-24)18-19(22)25-12-17(27-18)15-8-5-9-16(10-15)20(31)26-11-14-6-3-2-4-7-14/h2-10,12H,11,24H2,1H3,(H2,22,25)(H,26,31)(H3,23,28,30)/b29-13+. The molecule has 0 spiro atoms. The maximum absolute atomic E-state index is 12.6. The van der Waals surface area contributed by atoms with Crippen LogP contribution in [0.15, 0.2) is 65.9 Å². The minimum atomic E-state index is -0.191. The molecule has 2 aromatic carbocycles. The summed E-state index contributed by atoms with van der Waals surface area (Å²) >= 11 is 0. The van der Waals surface area contributed by atoms with E-state index in [0.29, 0.717) is 34.8 Å². The number of nitrogens with two attached hydrogens (primary N) is 2. The fourth-order valence-electron chi connectivity index (χ4n) is 2.73. The summed E-state index contributed by atoms with van der Waals surface area (Å²) in [6.07, 6.45) is 1.53. The van der Waals surface area contributed by atoms with E-state index in [-0.39, 0.29) is 17.7 Å². The molecule has 3 rings (SSSR count). The maximum Gasteiger partial charge on any atom is 0.251 e. The molecule has 0 aliphatic carbocycles. The van der Waals surface area contributed by atoms with E-state index in [1.807, 2.05) is 36.4 Å². The third-order valence-corrected chi connectivity index (χ3v) is 4.34. The third-order valence-electron chi connectivity index (χ3n) is 4.34. The number of benzene rings is 2. The van der Waals surface area contributed by atoms with Gasteiger partial charge in [-0.3, -0.25) is 15.6 Å². The van der Waals surface area contributed by atoms with Gasteiger partial charge in [0.1, 0.15) is 5.69 Å². The molecule has 0 saturated heterocycles. The van der Waals surface area contributed by atoms with Crippen LogP contribution < -0.4 is 27.7 Å². The molecule has 0 bridgehead atoms. The Morgan fingerprint density at radius 1 is 1.16 bits per heavy atom. The summed E-state index contributed by atoms with van der Waals surface area (Å²) in [5.41, 5.74) is 14.0. The Balaban J connectivity index is 1.80. The number of rotatable bonds is 6. The first kappa shape index (κ1) is 21.4. The molecule has 1 heterocycles. The molecule has 0 aliphatic heterocycles. The molecule has 0 saturated carbocycles. The van der Waals surface area contributed by atoms with Gasteiger partial charge in [-0.25, -0.2) is 21.2 Å². The maximum atomic E-state index is 12.6. The number of nitrogen functional groups attached to an aromatic ring is 1. The Morgan fingerprint density at radius 3 is 2.68 bits per heavy atom. The Morgan fingerprint density at radius 2 is 1.94 bits per heavy atom. The van der Waals surface area contributed by atoms with Crippen molar-refractivity contribution in [2.75, 3.05) is 5.73 Å². The number of aromatic nitrogens is 2. The number of nitrogens with one attached hydrogen (secondary N) is 4. The number of hydrogen-bond acceptors (Lipinski definition) is 7. The Hall–Kier alpha value is -4.31. The number of carbonyl (C=O) groups is 1. The van der Waals surface area contributed by atoms with Gasteiger partial charge in [-0.1, -0.05) is 42.5 Å². The first-order valence-electron chi connectivity index (χ1n) is 9.39. The lowest BCUT2D eigenvalue weighted by Gasteiger charge is -2.09. The highest BCUT2D eigenvalue weighted by Crippen LogP contribution is 2.20. The summed E-state index contributed by atoms with van der Waals surface area (Å²) < 4.78 is 0. The molecular weight excluding hydrogens is 394 g/mol. The van der Waals surface area contributed by atoms with Crippen LogP contribution in [-0.4, -0.2) is 27.5 Å². The van der Waals surface area contributed by atoms with E-state index in [1.165, 1.54) is 6.20 Å². The van der Waals surface area contributed by atoms with Gasteiger partial charge in [0.15, 0.2) is 5.82 Å². The van der Waals surface area contributed by atoms with Gasteiger partial charge in [0.05, 0.1) is 17.6 Å². The SMILES string of the molecule is C/C(=N\NC(=N)NN)c1nc(-c2cccc(C(=O)NCc3ccccc3)c2)cnc1N. The van der Waals surface area contributed by atoms with E-state index < -0.39 is 0 Å². The second-order valence-corrected chi connectivity index (χ2v) is 6.57. The quantitative estimate of drug-likeness (QED) is 0.152. The lowest BCUT2D eigenvalue weighted by atomic mass is 10.1. The van der Waals surface area contributed by atoms with Gasteiger partial charge in [0, 0.05) is 17.7 Å². The van der Waals surface area contributed by atoms with Gasteiger partial charge in [-0.15, -0.1) is 0 Å². The van der Waals surface area contributed by atoms with Crippen molar-refractivity contribution in [3.63, 3.8) is 0 Å². The second kappa shape index (κ2) is 9.94. The smallest absolute Gasteiger partial charge is 0.251 e. The molecule has 1 aromatic heterocycles. The zero-order valence-electron chi connectivity index (χ0n) is 16.9. The topological polar surface area (TPSA) is 167 Å². The van der Waals surface area contributed by atoms with E-state index in [1.54, 1.807) is 25.1 Å². The number of anilines is 1. The minimum Gasteiger partial charge on any atom is -0.382 e. The second-order valence-electron chi connectivity index (χ2n) is 6.57. The van der Waals surface area contributed by atoms with Crippen molar-refractivity contribution in [1.82, 2.24) is 26.1 Å². The van der Waals surface area contributed by atoms with Gasteiger partial charge in [-0.05, 0) is 24.6 Å². The van der Waals surface area contributed by atoms with Crippen molar-refractivity contribution in [1.29, 1.82) is 5.41 Å². The highest BCUT2D eigenvalue weighted by Gasteiger charge is 2.12. The van der Waals surface area contributed by atoms with Crippen LogP contribution in [0, 0.1) is 5.41 Å². The van der Waals surface area contributed by atoms with Crippen molar-refractivity contribution in [3.8, 4) is 11.3 Å². The molecule has 3 aromatic rings. The highest BCUT2D eigenvalue weighted by molar-refractivity contribution is 6.01. The van der Waals surface area contributed by atoms with Crippen LogP contribution in [0.4, 0.5) is 5.82 Å². The van der Waals surface area contributed by atoms with Crippen LogP contribution in [0.25, 0.3) is 11.3 Å². The van der Waals surface area contributed by atoms with Crippen molar-refractivity contribution in [2.45, 2.75) is 13.5 Å². The molecular formula is C21H23N9O. The van der Waals surface area contributed by atoms with E-state index in [2.05, 4.69) is 31.2 Å². The zero-order valence-corrected chi connectivity index (χ0v) is 16.9. The fraction of sp³-hybridized carbons (Fsp3) is 0.0952. The van der Waals surface area contributed by atoms with Crippen LogP contribution in [0.2, 0.25) is 0 Å². The molecule has 1 amide bonds. The lowest BCUT2D eigenvalue weighted by molar-refractivity contribution is 0.0951. The van der Waals surface area contributed by atoms with Gasteiger partial charge in [-0.2, -0.15) is 5.10 Å². The number of amides is 1. The van der Waals surface area contributed by atoms with E-state index in [0.717, 1.165) is 5.56 Å². The van der Waals surface area contributed by atoms with E-state index in [4.69, 9.17) is 17.0 Å². The minimum absolute atomic E-state index is 0.184. The van der Waals surface area contributed by atoms with E-state index >= 15 is 0 Å². The van der Waals surface area contributed by atoms with Crippen molar-refractivity contribution < 1.29 is 4.79 Å². The van der Waals surface area contributed by atoms with Crippen LogP contribution in [0.1, 0.15) is 28.5 Å². The normalized spacial score (nSPS) is 11.0. The summed E-state index contributed by atoms with van der Waals surface area (Å²) in [7, 11) is 0. The van der Waals surface area contributed by atoms with Crippen LogP contribution >= 0.6 is 0 Å². The molecule has 158 valence electrons. The summed E-state index contributed by atoms with van der Waals surface area (Å²) in [5.74, 6) is 4.94. The molecule has 0 radical (unpaired) electrons. The number of hydrazone groups is 1. The average molecular weight is 417 g/mol. The molecule has 8 N–H and O–H groups in total. The van der Waals surface area contributed by atoms with Crippen LogP contribution in [0.3, 0.4) is 0 Å². The van der Waals surface area contributed by atoms with Crippen LogP contribution in [-0.2, 0) is 6.54 Å².